The molecular weight excluding hydrogens is 372 g/mol. The summed E-state index contributed by atoms with van der Waals surface area (Å²) in [6, 6.07) is 1.09. The molecule has 0 N–H and O–H groups in total. The van der Waals surface area contributed by atoms with E-state index in [2.05, 4.69) is 26.3 Å². The van der Waals surface area contributed by atoms with Gasteiger partial charge in [0.25, 0.3) is 0 Å². The molecule has 1 fully saturated rings. The van der Waals surface area contributed by atoms with E-state index in [1.54, 1.807) is 11.9 Å². The van der Waals surface area contributed by atoms with Gasteiger partial charge in [0.05, 0.1) is 6.61 Å². The molecule has 1 saturated heterocycles. The average molecular weight is 388 g/mol. The molecule has 0 spiro atoms. The fourth-order valence-electron chi connectivity index (χ4n) is 2.08. The third kappa shape index (κ3) is 4.57. The first kappa shape index (κ1) is 17.5. The predicted molar refractivity (Wildman–Crippen MR) is 85.0 cm³/mol. The summed E-state index contributed by atoms with van der Waals surface area (Å²) < 4.78 is 33.3. The van der Waals surface area contributed by atoms with E-state index in [0.29, 0.717) is 0 Å². The first-order chi connectivity index (χ1) is 11.0. The topological polar surface area (TPSA) is 54.3 Å². The van der Waals surface area contributed by atoms with Crippen LogP contribution in [-0.2, 0) is 9.53 Å². The Morgan fingerprint density at radius 1 is 1.43 bits per heavy atom. The molecule has 1 heterocycles. The van der Waals surface area contributed by atoms with Gasteiger partial charge < -0.3 is 4.74 Å². The van der Waals surface area contributed by atoms with Crippen LogP contribution in [0.15, 0.2) is 27.0 Å². The number of nitrogens with zero attached hydrogens (tertiary/aromatic N) is 3. The second-order valence-electron chi connectivity index (χ2n) is 4.85. The van der Waals surface area contributed by atoms with Crippen LogP contribution in [0.25, 0.3) is 6.08 Å². The van der Waals surface area contributed by atoms with Crippen molar-refractivity contribution in [1.82, 2.24) is 5.01 Å². The number of benzene rings is 1. The molecule has 2 rings (SSSR count). The van der Waals surface area contributed by atoms with Crippen molar-refractivity contribution in [3.63, 3.8) is 0 Å². The lowest BCUT2D eigenvalue weighted by atomic mass is 10.1. The molecule has 8 heteroatoms. The van der Waals surface area contributed by atoms with E-state index >= 15 is 0 Å². The smallest absolute Gasteiger partial charge is 0.330 e. The Morgan fingerprint density at radius 3 is 2.78 bits per heavy atom. The molecule has 0 saturated carbocycles. The molecule has 0 atom stereocenters. The Kier molecular flexibility index (Phi) is 6.20. The molecule has 1 aromatic carbocycles. The second-order valence-corrected chi connectivity index (χ2v) is 5.71. The van der Waals surface area contributed by atoms with E-state index in [9.17, 15) is 13.6 Å². The minimum atomic E-state index is -0.889. The second kappa shape index (κ2) is 8.14. The average Bonchev–Trinajstić information content (AvgIpc) is 3.00. The summed E-state index contributed by atoms with van der Waals surface area (Å²) in [4.78, 5) is 11.3. The van der Waals surface area contributed by atoms with Crippen molar-refractivity contribution in [2.45, 2.75) is 19.8 Å². The molecular formula is C15H16BrF2N3O2. The zero-order valence-corrected chi connectivity index (χ0v) is 14.1. The zero-order valence-electron chi connectivity index (χ0n) is 12.6. The summed E-state index contributed by atoms with van der Waals surface area (Å²) in [7, 11) is 0. The van der Waals surface area contributed by atoms with Gasteiger partial charge in [-0.05, 0) is 47.8 Å². The van der Waals surface area contributed by atoms with E-state index in [4.69, 9.17) is 4.74 Å². The first-order valence-electron chi connectivity index (χ1n) is 7.22. The Hall–Kier alpha value is -1.83. The van der Waals surface area contributed by atoms with E-state index < -0.39 is 23.3 Å². The number of hydrogen-bond acceptors (Lipinski definition) is 4. The lowest BCUT2D eigenvalue weighted by molar-refractivity contribution is -0.137. The number of rotatable bonds is 5. The summed E-state index contributed by atoms with van der Waals surface area (Å²) in [6.45, 7) is 3.32. The van der Waals surface area contributed by atoms with Crippen LogP contribution in [-0.4, -0.2) is 30.7 Å². The van der Waals surface area contributed by atoms with E-state index in [-0.39, 0.29) is 16.6 Å². The third-order valence-electron chi connectivity index (χ3n) is 3.21. The van der Waals surface area contributed by atoms with Crippen molar-refractivity contribution < 1.29 is 18.3 Å². The van der Waals surface area contributed by atoms with Gasteiger partial charge in [0.15, 0.2) is 17.3 Å². The van der Waals surface area contributed by atoms with Crippen molar-refractivity contribution in [2.24, 2.45) is 10.3 Å². The lowest BCUT2D eigenvalue weighted by Crippen LogP contribution is -2.09. The monoisotopic (exact) mass is 387 g/mol. The molecule has 1 aromatic rings. The Balaban J connectivity index is 2.29. The minimum absolute atomic E-state index is 0.00910. The largest absolute Gasteiger partial charge is 0.463 e. The van der Waals surface area contributed by atoms with Crippen LogP contribution in [0.2, 0.25) is 0 Å². The maximum absolute atomic E-state index is 14.5. The van der Waals surface area contributed by atoms with Gasteiger partial charge in [0.1, 0.15) is 0 Å². The third-order valence-corrected chi connectivity index (χ3v) is 3.86. The maximum atomic E-state index is 14.5. The van der Waals surface area contributed by atoms with Gasteiger partial charge in [-0.1, -0.05) is 5.22 Å². The number of halogens is 3. The molecule has 1 aliphatic heterocycles. The summed E-state index contributed by atoms with van der Waals surface area (Å²) in [5.74, 6) is -2.32. The first-order valence-corrected chi connectivity index (χ1v) is 8.01. The summed E-state index contributed by atoms with van der Waals surface area (Å²) in [5, 5.41) is 9.20. The fraction of sp³-hybridized carbons (Fsp3) is 0.400. The molecule has 0 amide bonds. The van der Waals surface area contributed by atoms with Crippen molar-refractivity contribution in [1.29, 1.82) is 0 Å². The van der Waals surface area contributed by atoms with Gasteiger partial charge in [-0.2, -0.15) is 0 Å². The van der Waals surface area contributed by atoms with Crippen molar-refractivity contribution in [3.8, 4) is 0 Å². The van der Waals surface area contributed by atoms with Gasteiger partial charge in [-0.15, -0.1) is 5.11 Å². The molecule has 0 bridgehead atoms. The van der Waals surface area contributed by atoms with E-state index in [0.717, 1.165) is 38.1 Å². The zero-order chi connectivity index (χ0) is 16.8. The van der Waals surface area contributed by atoms with Crippen LogP contribution >= 0.6 is 15.9 Å². The molecule has 124 valence electrons. The number of esters is 1. The van der Waals surface area contributed by atoms with Crippen LogP contribution in [0.5, 0.6) is 0 Å². The van der Waals surface area contributed by atoms with Gasteiger partial charge >= 0.3 is 5.97 Å². The highest BCUT2D eigenvalue weighted by Crippen LogP contribution is 2.32. The molecule has 0 aromatic heterocycles. The minimum Gasteiger partial charge on any atom is -0.463 e. The van der Waals surface area contributed by atoms with Crippen molar-refractivity contribution >= 4 is 33.7 Å². The maximum Gasteiger partial charge on any atom is 0.330 e. The fourth-order valence-corrected chi connectivity index (χ4v) is 2.59. The normalized spacial score (nSPS) is 15.0. The molecule has 1 aliphatic rings. The van der Waals surface area contributed by atoms with Crippen molar-refractivity contribution in [2.75, 3.05) is 19.7 Å². The van der Waals surface area contributed by atoms with E-state index in [1.807, 2.05) is 0 Å². The van der Waals surface area contributed by atoms with Crippen LogP contribution in [0, 0.1) is 11.6 Å². The molecule has 0 aliphatic carbocycles. The Labute approximate surface area is 141 Å². The number of ether oxygens (including phenoxy) is 1. The lowest BCUT2D eigenvalue weighted by Gasteiger charge is -2.09. The number of carbonyl (C=O) groups excluding carboxylic acids is 1. The summed E-state index contributed by atoms with van der Waals surface area (Å²) in [6.07, 6.45) is 4.26. The summed E-state index contributed by atoms with van der Waals surface area (Å²) in [5.41, 5.74) is -0.474. The molecule has 0 radical (unpaired) electrons. The van der Waals surface area contributed by atoms with Crippen molar-refractivity contribution in [3.05, 3.63) is 33.8 Å². The molecule has 23 heavy (non-hydrogen) atoms. The van der Waals surface area contributed by atoms with Crippen LogP contribution < -0.4 is 0 Å². The highest BCUT2D eigenvalue weighted by molar-refractivity contribution is 9.10. The van der Waals surface area contributed by atoms with Crippen LogP contribution in [0.1, 0.15) is 25.3 Å². The van der Waals surface area contributed by atoms with Gasteiger partial charge in [0.2, 0.25) is 0 Å². The van der Waals surface area contributed by atoms with Crippen LogP contribution in [0.4, 0.5) is 14.5 Å². The number of hydrogen-bond donors (Lipinski definition) is 0. The Bertz CT molecular complexity index is 644. The van der Waals surface area contributed by atoms with Gasteiger partial charge in [-0.3, -0.25) is 5.01 Å². The highest BCUT2D eigenvalue weighted by Gasteiger charge is 2.17. The SMILES string of the molecule is CCOC(=O)/C=C/c1c(Br)cc(F)c(/N=N/N2CCCC2)c1F. The van der Waals surface area contributed by atoms with E-state index in [1.165, 1.54) is 6.08 Å². The Morgan fingerprint density at radius 2 is 2.13 bits per heavy atom. The van der Waals surface area contributed by atoms with Gasteiger partial charge in [-0.25, -0.2) is 13.6 Å². The molecule has 0 unspecified atom stereocenters. The standard InChI is InChI=1S/C15H16BrF2N3O2/c1-2-23-13(22)6-5-10-11(16)9-12(17)15(14(10)18)19-20-21-7-3-4-8-21/h5-6,9H,2-4,7-8H2,1H3/b6-5+,20-19+. The quantitative estimate of drug-likeness (QED) is 0.427. The van der Waals surface area contributed by atoms with Crippen LogP contribution in [0.3, 0.4) is 0 Å². The van der Waals surface area contributed by atoms with Gasteiger partial charge in [0, 0.05) is 29.2 Å². The molecule has 5 nitrogen and oxygen atoms in total. The number of carbonyl (C=O) groups is 1. The summed E-state index contributed by atoms with van der Waals surface area (Å²) >= 11 is 3.07. The highest BCUT2D eigenvalue weighted by atomic mass is 79.9. The predicted octanol–water partition coefficient (Wildman–Crippen LogP) is 4.40.